The van der Waals surface area contributed by atoms with E-state index in [0.29, 0.717) is 11.1 Å². The Morgan fingerprint density at radius 1 is 1.12 bits per heavy atom. The molecule has 0 atom stereocenters. The van der Waals surface area contributed by atoms with E-state index in [4.69, 9.17) is 0 Å². The standard InChI is InChI=1S/C19H19N5O2/c25-17-15-5-2-1-4-13(15)12-16(23-17)18(26)22-14-6-10-24(11-7-14)19-20-8-3-9-21-19/h1-5,8-9,12,14H,6-7,10-11H2,(H,22,26)(H,23,25). The van der Waals surface area contributed by atoms with E-state index in [1.54, 1.807) is 30.6 Å². The fourth-order valence-corrected chi connectivity index (χ4v) is 3.27. The number of nitrogens with zero attached hydrogens (tertiary/aromatic N) is 3. The molecular weight excluding hydrogens is 330 g/mol. The Balaban J connectivity index is 1.42. The quantitative estimate of drug-likeness (QED) is 0.751. The second kappa shape index (κ2) is 6.95. The number of anilines is 1. The van der Waals surface area contributed by atoms with Gasteiger partial charge in [0.1, 0.15) is 5.69 Å². The molecule has 2 aromatic heterocycles. The number of carbonyl (C=O) groups excluding carboxylic acids is 1. The van der Waals surface area contributed by atoms with Crippen molar-refractivity contribution >= 4 is 22.6 Å². The van der Waals surface area contributed by atoms with Crippen molar-refractivity contribution in [3.63, 3.8) is 0 Å². The number of fused-ring (bicyclic) bond motifs is 1. The van der Waals surface area contributed by atoms with Crippen LogP contribution in [0.1, 0.15) is 23.3 Å². The summed E-state index contributed by atoms with van der Waals surface area (Å²) in [6.07, 6.45) is 5.07. The molecule has 26 heavy (non-hydrogen) atoms. The first kappa shape index (κ1) is 16.3. The van der Waals surface area contributed by atoms with Crippen LogP contribution in [0.2, 0.25) is 0 Å². The lowest BCUT2D eigenvalue weighted by molar-refractivity contribution is 0.0926. The maximum atomic E-state index is 12.5. The van der Waals surface area contributed by atoms with Gasteiger partial charge in [0.25, 0.3) is 11.5 Å². The Labute approximate surface area is 150 Å². The minimum atomic E-state index is -0.248. The van der Waals surface area contributed by atoms with Crippen molar-refractivity contribution in [3.8, 4) is 0 Å². The molecule has 1 amide bonds. The maximum absolute atomic E-state index is 12.5. The summed E-state index contributed by atoms with van der Waals surface area (Å²) < 4.78 is 0. The third-order valence-corrected chi connectivity index (χ3v) is 4.66. The molecule has 132 valence electrons. The summed E-state index contributed by atoms with van der Waals surface area (Å²) in [7, 11) is 0. The Kier molecular flexibility index (Phi) is 4.35. The van der Waals surface area contributed by atoms with Crippen LogP contribution in [0.15, 0.2) is 53.6 Å². The van der Waals surface area contributed by atoms with Gasteiger partial charge in [-0.25, -0.2) is 9.97 Å². The van der Waals surface area contributed by atoms with Crippen LogP contribution in [-0.2, 0) is 0 Å². The molecule has 1 fully saturated rings. The Bertz CT molecular complexity index is 978. The molecule has 1 aliphatic rings. The lowest BCUT2D eigenvalue weighted by Crippen LogP contribution is -2.45. The first-order valence-corrected chi connectivity index (χ1v) is 8.65. The average Bonchev–Trinajstić information content (AvgIpc) is 2.69. The number of pyridine rings is 1. The minimum absolute atomic E-state index is 0.0671. The van der Waals surface area contributed by atoms with Gasteiger partial charge >= 0.3 is 0 Å². The number of rotatable bonds is 3. The third kappa shape index (κ3) is 3.28. The van der Waals surface area contributed by atoms with Crippen LogP contribution in [0.5, 0.6) is 0 Å². The number of aromatic nitrogens is 3. The zero-order chi connectivity index (χ0) is 17.9. The van der Waals surface area contributed by atoms with Crippen LogP contribution in [0.3, 0.4) is 0 Å². The van der Waals surface area contributed by atoms with Crippen LogP contribution in [-0.4, -0.2) is 40.0 Å². The zero-order valence-corrected chi connectivity index (χ0v) is 14.2. The SMILES string of the molecule is O=C(NC1CCN(c2ncccn2)CC1)c1cc2ccccc2c(=O)[nH]1. The molecule has 0 spiro atoms. The number of hydrogen-bond donors (Lipinski definition) is 2. The van der Waals surface area contributed by atoms with Crippen LogP contribution in [0.4, 0.5) is 5.95 Å². The summed E-state index contributed by atoms with van der Waals surface area (Å²) in [5, 5.41) is 4.37. The Morgan fingerprint density at radius 2 is 1.85 bits per heavy atom. The molecule has 7 heteroatoms. The van der Waals surface area contributed by atoms with Crippen molar-refractivity contribution in [3.05, 3.63) is 64.8 Å². The monoisotopic (exact) mass is 349 g/mol. The predicted molar refractivity (Wildman–Crippen MR) is 99.3 cm³/mol. The molecule has 0 bridgehead atoms. The number of nitrogens with one attached hydrogen (secondary N) is 2. The summed E-state index contributed by atoms with van der Waals surface area (Å²) in [4.78, 5) is 38.0. The van der Waals surface area contributed by atoms with Crippen molar-refractivity contribution in [2.24, 2.45) is 0 Å². The summed E-state index contributed by atoms with van der Waals surface area (Å²) in [5.41, 5.74) is 0.0480. The summed E-state index contributed by atoms with van der Waals surface area (Å²) in [6.45, 7) is 1.56. The summed E-state index contributed by atoms with van der Waals surface area (Å²) in [6, 6.07) is 10.8. The van der Waals surface area contributed by atoms with Gasteiger partial charge in [-0.15, -0.1) is 0 Å². The first-order chi connectivity index (χ1) is 12.7. The van der Waals surface area contributed by atoms with E-state index in [1.165, 1.54) is 0 Å². The van der Waals surface area contributed by atoms with Gasteiger partial charge in [0, 0.05) is 36.9 Å². The molecule has 0 aliphatic carbocycles. The number of amides is 1. The van der Waals surface area contributed by atoms with Crippen molar-refractivity contribution in [1.29, 1.82) is 0 Å². The van der Waals surface area contributed by atoms with E-state index in [9.17, 15) is 9.59 Å². The number of aromatic amines is 1. The Morgan fingerprint density at radius 3 is 2.62 bits per heavy atom. The smallest absolute Gasteiger partial charge is 0.268 e. The van der Waals surface area contributed by atoms with Crippen molar-refractivity contribution in [1.82, 2.24) is 20.3 Å². The van der Waals surface area contributed by atoms with Gasteiger partial charge in [0.05, 0.1) is 0 Å². The second-order valence-electron chi connectivity index (χ2n) is 6.38. The zero-order valence-electron chi connectivity index (χ0n) is 14.2. The molecule has 3 aromatic rings. The molecule has 2 N–H and O–H groups in total. The highest BCUT2D eigenvalue weighted by Crippen LogP contribution is 2.16. The molecule has 0 unspecified atom stereocenters. The normalized spacial score (nSPS) is 15.2. The van der Waals surface area contributed by atoms with Crippen LogP contribution in [0, 0.1) is 0 Å². The lowest BCUT2D eigenvalue weighted by atomic mass is 10.0. The second-order valence-corrected chi connectivity index (χ2v) is 6.38. The van der Waals surface area contributed by atoms with E-state index in [2.05, 4.69) is 25.2 Å². The van der Waals surface area contributed by atoms with E-state index in [0.717, 1.165) is 37.3 Å². The minimum Gasteiger partial charge on any atom is -0.348 e. The van der Waals surface area contributed by atoms with Crippen LogP contribution < -0.4 is 15.8 Å². The highest BCUT2D eigenvalue weighted by atomic mass is 16.2. The molecule has 1 aromatic carbocycles. The molecule has 0 radical (unpaired) electrons. The molecule has 1 saturated heterocycles. The van der Waals surface area contributed by atoms with E-state index >= 15 is 0 Å². The van der Waals surface area contributed by atoms with Crippen molar-refractivity contribution in [2.75, 3.05) is 18.0 Å². The van der Waals surface area contributed by atoms with E-state index in [-0.39, 0.29) is 17.5 Å². The number of carbonyl (C=O) groups is 1. The summed E-state index contributed by atoms with van der Waals surface area (Å²) in [5.74, 6) is 0.471. The molecule has 0 saturated carbocycles. The molecule has 1 aliphatic heterocycles. The predicted octanol–water partition coefficient (Wildman–Crippen LogP) is 1.72. The third-order valence-electron chi connectivity index (χ3n) is 4.66. The lowest BCUT2D eigenvalue weighted by Gasteiger charge is -2.32. The van der Waals surface area contributed by atoms with Gasteiger partial charge < -0.3 is 15.2 Å². The van der Waals surface area contributed by atoms with Crippen molar-refractivity contribution in [2.45, 2.75) is 18.9 Å². The molecule has 7 nitrogen and oxygen atoms in total. The van der Waals surface area contributed by atoms with Gasteiger partial charge in [-0.1, -0.05) is 18.2 Å². The topological polar surface area (TPSA) is 91.0 Å². The van der Waals surface area contributed by atoms with Gasteiger partial charge in [0.2, 0.25) is 5.95 Å². The molecular formula is C19H19N5O2. The Hall–Kier alpha value is -3.22. The number of hydrogen-bond acceptors (Lipinski definition) is 5. The van der Waals surface area contributed by atoms with Gasteiger partial charge in [-0.2, -0.15) is 0 Å². The van der Waals surface area contributed by atoms with Gasteiger partial charge in [0.15, 0.2) is 0 Å². The number of benzene rings is 1. The van der Waals surface area contributed by atoms with Crippen molar-refractivity contribution < 1.29 is 4.79 Å². The largest absolute Gasteiger partial charge is 0.348 e. The fourth-order valence-electron chi connectivity index (χ4n) is 3.27. The molecule has 4 rings (SSSR count). The van der Waals surface area contributed by atoms with Crippen LogP contribution in [0.25, 0.3) is 10.8 Å². The fraction of sp³-hybridized carbons (Fsp3) is 0.263. The van der Waals surface area contributed by atoms with E-state index < -0.39 is 0 Å². The number of H-pyrrole nitrogens is 1. The highest BCUT2D eigenvalue weighted by Gasteiger charge is 2.23. The average molecular weight is 349 g/mol. The van der Waals surface area contributed by atoms with Crippen LogP contribution >= 0.6 is 0 Å². The highest BCUT2D eigenvalue weighted by molar-refractivity contribution is 5.96. The molecule has 3 heterocycles. The number of piperidine rings is 1. The first-order valence-electron chi connectivity index (χ1n) is 8.65. The maximum Gasteiger partial charge on any atom is 0.268 e. The summed E-state index contributed by atoms with van der Waals surface area (Å²) >= 11 is 0. The van der Waals surface area contributed by atoms with E-state index in [1.807, 2.05) is 18.2 Å². The van der Waals surface area contributed by atoms with Gasteiger partial charge in [-0.05, 0) is 36.4 Å². The van der Waals surface area contributed by atoms with Gasteiger partial charge in [-0.3, -0.25) is 9.59 Å².